The Labute approximate surface area is 110 Å². The van der Waals surface area contributed by atoms with Gasteiger partial charge in [-0.05, 0) is 12.1 Å². The summed E-state index contributed by atoms with van der Waals surface area (Å²) in [4.78, 5) is 7.84. The summed E-state index contributed by atoms with van der Waals surface area (Å²) in [6.07, 6.45) is 1.33. The van der Waals surface area contributed by atoms with E-state index in [4.69, 9.17) is 14.7 Å². The Bertz CT molecular complexity index is 622. The smallest absolute Gasteiger partial charge is 0.162 e. The van der Waals surface area contributed by atoms with Crippen molar-refractivity contribution in [3.8, 4) is 17.6 Å². The van der Waals surface area contributed by atoms with Crippen LogP contribution in [0.4, 0.5) is 11.5 Å². The van der Waals surface area contributed by atoms with Gasteiger partial charge >= 0.3 is 0 Å². The molecule has 0 aliphatic carbocycles. The van der Waals surface area contributed by atoms with Crippen molar-refractivity contribution < 1.29 is 9.47 Å². The van der Waals surface area contributed by atoms with E-state index in [9.17, 15) is 0 Å². The Morgan fingerprint density at radius 3 is 2.58 bits per heavy atom. The van der Waals surface area contributed by atoms with Crippen molar-refractivity contribution in [3.05, 3.63) is 36.3 Å². The number of hydrogen-bond donors (Lipinski definition) is 1. The van der Waals surface area contributed by atoms with Gasteiger partial charge in [0.05, 0.1) is 14.2 Å². The molecule has 0 fully saturated rings. The number of methoxy groups -OCH3 is 2. The number of nitriles is 1. The minimum Gasteiger partial charge on any atom is -0.493 e. The minimum atomic E-state index is 0.304. The molecule has 0 spiro atoms. The number of hydrogen-bond acceptors (Lipinski definition) is 6. The fourth-order valence-electron chi connectivity index (χ4n) is 1.55. The first kappa shape index (κ1) is 12.6. The molecule has 2 aromatic rings. The number of anilines is 2. The summed E-state index contributed by atoms with van der Waals surface area (Å²) >= 11 is 0. The third kappa shape index (κ3) is 2.90. The molecule has 1 N–H and O–H groups in total. The van der Waals surface area contributed by atoms with Crippen LogP contribution in [-0.2, 0) is 0 Å². The zero-order valence-corrected chi connectivity index (χ0v) is 10.5. The molecule has 0 saturated carbocycles. The van der Waals surface area contributed by atoms with Crippen LogP contribution in [-0.4, -0.2) is 24.2 Å². The Morgan fingerprint density at radius 2 is 1.89 bits per heavy atom. The van der Waals surface area contributed by atoms with E-state index >= 15 is 0 Å². The van der Waals surface area contributed by atoms with Crippen LogP contribution in [0.1, 0.15) is 5.69 Å². The number of rotatable bonds is 4. The highest BCUT2D eigenvalue weighted by molar-refractivity contribution is 5.61. The Morgan fingerprint density at radius 1 is 1.11 bits per heavy atom. The number of aromatic nitrogens is 2. The quantitative estimate of drug-likeness (QED) is 0.902. The van der Waals surface area contributed by atoms with Gasteiger partial charge in [-0.3, -0.25) is 0 Å². The van der Waals surface area contributed by atoms with E-state index in [1.54, 1.807) is 32.4 Å². The lowest BCUT2D eigenvalue weighted by molar-refractivity contribution is 0.355. The van der Waals surface area contributed by atoms with Crippen molar-refractivity contribution in [2.75, 3.05) is 19.5 Å². The van der Waals surface area contributed by atoms with Gasteiger partial charge in [0.1, 0.15) is 23.9 Å². The molecule has 6 heteroatoms. The molecule has 0 aliphatic heterocycles. The molecule has 6 nitrogen and oxygen atoms in total. The summed E-state index contributed by atoms with van der Waals surface area (Å²) in [6.45, 7) is 0. The predicted molar refractivity (Wildman–Crippen MR) is 69.6 cm³/mol. The van der Waals surface area contributed by atoms with Crippen LogP contribution in [0.25, 0.3) is 0 Å². The number of benzene rings is 1. The van der Waals surface area contributed by atoms with E-state index in [-0.39, 0.29) is 0 Å². The van der Waals surface area contributed by atoms with E-state index in [0.717, 1.165) is 5.69 Å². The maximum Gasteiger partial charge on any atom is 0.162 e. The van der Waals surface area contributed by atoms with Gasteiger partial charge in [-0.1, -0.05) is 0 Å². The van der Waals surface area contributed by atoms with Crippen molar-refractivity contribution in [1.29, 1.82) is 5.26 Å². The molecule has 2 rings (SSSR count). The van der Waals surface area contributed by atoms with E-state index in [1.165, 1.54) is 6.33 Å². The van der Waals surface area contributed by atoms with Gasteiger partial charge < -0.3 is 14.8 Å². The van der Waals surface area contributed by atoms with E-state index < -0.39 is 0 Å². The highest BCUT2D eigenvalue weighted by Crippen LogP contribution is 2.30. The summed E-state index contributed by atoms with van der Waals surface area (Å²) in [5.74, 6) is 1.80. The molecule has 1 aromatic carbocycles. The second-order valence-electron chi connectivity index (χ2n) is 3.60. The second-order valence-corrected chi connectivity index (χ2v) is 3.60. The summed E-state index contributed by atoms with van der Waals surface area (Å²) < 4.78 is 10.4. The Kier molecular flexibility index (Phi) is 3.78. The largest absolute Gasteiger partial charge is 0.493 e. The molecule has 0 aliphatic rings. The summed E-state index contributed by atoms with van der Waals surface area (Å²) in [5.41, 5.74) is 1.08. The van der Waals surface area contributed by atoms with Crippen molar-refractivity contribution in [3.63, 3.8) is 0 Å². The van der Waals surface area contributed by atoms with Crippen molar-refractivity contribution in [2.45, 2.75) is 0 Å². The molecule has 0 unspecified atom stereocenters. The standard InChI is InChI=1S/C13H12N4O2/c1-18-11-4-3-9(5-12(11)19-2)17-13-6-10(7-14)15-8-16-13/h3-6,8H,1-2H3,(H,15,16,17). The molecular formula is C13H12N4O2. The van der Waals surface area contributed by atoms with Gasteiger partial charge in [0, 0.05) is 17.8 Å². The molecule has 1 heterocycles. The Hall–Kier alpha value is -2.81. The predicted octanol–water partition coefficient (Wildman–Crippen LogP) is 2.11. The molecule has 0 bridgehead atoms. The molecule has 19 heavy (non-hydrogen) atoms. The fourth-order valence-corrected chi connectivity index (χ4v) is 1.55. The average molecular weight is 256 g/mol. The van der Waals surface area contributed by atoms with Crippen LogP contribution in [0.15, 0.2) is 30.6 Å². The molecule has 96 valence electrons. The first-order chi connectivity index (χ1) is 9.26. The number of ether oxygens (including phenoxy) is 2. The minimum absolute atomic E-state index is 0.304. The van der Waals surface area contributed by atoms with Crippen LogP contribution in [0, 0.1) is 11.3 Å². The fraction of sp³-hybridized carbons (Fsp3) is 0.154. The normalized spacial score (nSPS) is 9.53. The maximum absolute atomic E-state index is 8.77. The monoisotopic (exact) mass is 256 g/mol. The van der Waals surface area contributed by atoms with Gasteiger partial charge in [0.2, 0.25) is 0 Å². The van der Waals surface area contributed by atoms with E-state index in [1.807, 2.05) is 12.1 Å². The number of nitrogens with one attached hydrogen (secondary N) is 1. The molecule has 0 amide bonds. The summed E-state index contributed by atoms with van der Waals surface area (Å²) in [6, 6.07) is 8.92. The average Bonchev–Trinajstić information content (AvgIpc) is 2.47. The highest BCUT2D eigenvalue weighted by Gasteiger charge is 2.05. The summed E-state index contributed by atoms with van der Waals surface area (Å²) in [7, 11) is 3.15. The van der Waals surface area contributed by atoms with Crippen molar-refractivity contribution >= 4 is 11.5 Å². The first-order valence-electron chi connectivity index (χ1n) is 5.48. The molecule has 0 atom stereocenters. The number of nitrogens with zero attached hydrogens (tertiary/aromatic N) is 3. The van der Waals surface area contributed by atoms with Crippen molar-refractivity contribution in [2.24, 2.45) is 0 Å². The lowest BCUT2D eigenvalue weighted by Gasteiger charge is -2.10. The second kappa shape index (κ2) is 5.69. The van der Waals surface area contributed by atoms with Crippen LogP contribution in [0.2, 0.25) is 0 Å². The van der Waals surface area contributed by atoms with Gasteiger partial charge in [0.25, 0.3) is 0 Å². The molecular weight excluding hydrogens is 244 g/mol. The van der Waals surface area contributed by atoms with E-state index in [0.29, 0.717) is 23.0 Å². The zero-order chi connectivity index (χ0) is 13.7. The lowest BCUT2D eigenvalue weighted by Crippen LogP contribution is -1.97. The molecule has 0 saturated heterocycles. The third-order valence-electron chi connectivity index (χ3n) is 2.44. The van der Waals surface area contributed by atoms with E-state index in [2.05, 4.69) is 15.3 Å². The SMILES string of the molecule is COc1ccc(Nc2cc(C#N)ncn2)cc1OC. The van der Waals surface area contributed by atoms with Gasteiger partial charge in [-0.25, -0.2) is 9.97 Å². The van der Waals surface area contributed by atoms with Gasteiger partial charge in [0.15, 0.2) is 11.5 Å². The highest BCUT2D eigenvalue weighted by atomic mass is 16.5. The first-order valence-corrected chi connectivity index (χ1v) is 5.48. The Balaban J connectivity index is 2.26. The molecule has 0 radical (unpaired) electrons. The van der Waals surface area contributed by atoms with Gasteiger partial charge in [-0.15, -0.1) is 0 Å². The summed E-state index contributed by atoms with van der Waals surface area (Å²) in [5, 5.41) is 11.8. The van der Waals surface area contributed by atoms with Crippen LogP contribution >= 0.6 is 0 Å². The molecule has 1 aromatic heterocycles. The van der Waals surface area contributed by atoms with Gasteiger partial charge in [-0.2, -0.15) is 5.26 Å². The van der Waals surface area contributed by atoms with Crippen LogP contribution < -0.4 is 14.8 Å². The zero-order valence-electron chi connectivity index (χ0n) is 10.5. The van der Waals surface area contributed by atoms with Crippen LogP contribution in [0.5, 0.6) is 11.5 Å². The van der Waals surface area contributed by atoms with Crippen molar-refractivity contribution in [1.82, 2.24) is 9.97 Å². The third-order valence-corrected chi connectivity index (χ3v) is 2.44. The van der Waals surface area contributed by atoms with Crippen LogP contribution in [0.3, 0.4) is 0 Å². The topological polar surface area (TPSA) is 80.1 Å². The maximum atomic E-state index is 8.77. The lowest BCUT2D eigenvalue weighted by atomic mass is 10.2.